The lowest BCUT2D eigenvalue weighted by molar-refractivity contribution is 0.223. The van der Waals surface area contributed by atoms with Crippen molar-refractivity contribution in [2.75, 3.05) is 6.61 Å². The van der Waals surface area contributed by atoms with E-state index >= 15 is 0 Å². The van der Waals surface area contributed by atoms with Gasteiger partial charge in [-0.2, -0.15) is 5.10 Å². The fourth-order valence-electron chi connectivity index (χ4n) is 2.49. The standard InChI is InChI=1S/C16H21ClN2O/c1-3-19-16(8-12(2)18-19)10-14(11-20)9-13-4-6-15(17)7-5-13/h4-8,14,20H,3,9-11H2,1-2H3. The highest BCUT2D eigenvalue weighted by Gasteiger charge is 2.13. The summed E-state index contributed by atoms with van der Waals surface area (Å²) in [6.45, 7) is 5.13. The van der Waals surface area contributed by atoms with Crippen LogP contribution < -0.4 is 0 Å². The summed E-state index contributed by atoms with van der Waals surface area (Å²) in [4.78, 5) is 0. The number of benzene rings is 1. The molecule has 2 rings (SSSR count). The fourth-order valence-corrected chi connectivity index (χ4v) is 2.61. The normalized spacial score (nSPS) is 12.6. The number of halogens is 1. The third-order valence-corrected chi connectivity index (χ3v) is 3.73. The van der Waals surface area contributed by atoms with Crippen molar-refractivity contribution in [3.63, 3.8) is 0 Å². The second-order valence-corrected chi connectivity index (χ2v) is 5.61. The van der Waals surface area contributed by atoms with E-state index < -0.39 is 0 Å². The number of rotatable bonds is 6. The van der Waals surface area contributed by atoms with Crippen molar-refractivity contribution in [2.45, 2.75) is 33.2 Å². The molecular weight excluding hydrogens is 272 g/mol. The molecule has 1 unspecified atom stereocenters. The topological polar surface area (TPSA) is 38.0 Å². The minimum Gasteiger partial charge on any atom is -0.396 e. The molecule has 0 fully saturated rings. The maximum atomic E-state index is 9.62. The van der Waals surface area contributed by atoms with Gasteiger partial charge in [-0.05, 0) is 56.4 Å². The first-order chi connectivity index (χ1) is 9.62. The van der Waals surface area contributed by atoms with Gasteiger partial charge < -0.3 is 5.11 Å². The van der Waals surface area contributed by atoms with Crippen molar-refractivity contribution in [3.8, 4) is 0 Å². The molecule has 0 spiro atoms. The second-order valence-electron chi connectivity index (χ2n) is 5.18. The molecule has 0 saturated heterocycles. The summed E-state index contributed by atoms with van der Waals surface area (Å²) < 4.78 is 2.01. The molecule has 108 valence electrons. The number of aryl methyl sites for hydroxylation is 2. The Bertz CT molecular complexity index is 548. The van der Waals surface area contributed by atoms with Crippen LogP contribution in [-0.4, -0.2) is 21.5 Å². The fraction of sp³-hybridized carbons (Fsp3) is 0.438. The Balaban J connectivity index is 2.06. The lowest BCUT2D eigenvalue weighted by Crippen LogP contribution is -2.15. The van der Waals surface area contributed by atoms with Crippen molar-refractivity contribution < 1.29 is 5.11 Å². The first-order valence-corrected chi connectivity index (χ1v) is 7.38. The van der Waals surface area contributed by atoms with E-state index in [0.29, 0.717) is 0 Å². The van der Waals surface area contributed by atoms with Crippen molar-refractivity contribution in [1.29, 1.82) is 0 Å². The van der Waals surface area contributed by atoms with Crippen molar-refractivity contribution in [2.24, 2.45) is 5.92 Å². The first kappa shape index (κ1) is 15.1. The van der Waals surface area contributed by atoms with Crippen molar-refractivity contribution >= 4 is 11.6 Å². The van der Waals surface area contributed by atoms with E-state index in [9.17, 15) is 5.11 Å². The van der Waals surface area contributed by atoms with Gasteiger partial charge in [0.15, 0.2) is 0 Å². The minimum absolute atomic E-state index is 0.177. The Morgan fingerprint density at radius 1 is 1.25 bits per heavy atom. The van der Waals surface area contributed by atoms with Gasteiger partial charge >= 0.3 is 0 Å². The summed E-state index contributed by atoms with van der Waals surface area (Å²) >= 11 is 5.89. The molecule has 20 heavy (non-hydrogen) atoms. The van der Waals surface area contributed by atoms with Gasteiger partial charge in [0.25, 0.3) is 0 Å². The molecular formula is C16H21ClN2O. The third kappa shape index (κ3) is 3.84. The molecule has 0 amide bonds. The number of hydrogen-bond donors (Lipinski definition) is 1. The zero-order valence-electron chi connectivity index (χ0n) is 12.0. The average Bonchev–Trinajstić information content (AvgIpc) is 2.80. The molecule has 0 aliphatic heterocycles. The summed E-state index contributed by atoms with van der Waals surface area (Å²) in [6, 6.07) is 9.94. The van der Waals surface area contributed by atoms with Gasteiger partial charge in [-0.25, -0.2) is 0 Å². The van der Waals surface area contributed by atoms with E-state index in [1.54, 1.807) is 0 Å². The van der Waals surface area contributed by atoms with Gasteiger partial charge in [-0.15, -0.1) is 0 Å². The zero-order valence-corrected chi connectivity index (χ0v) is 12.8. The van der Waals surface area contributed by atoms with E-state index in [4.69, 9.17) is 11.6 Å². The van der Waals surface area contributed by atoms with Crippen molar-refractivity contribution in [1.82, 2.24) is 9.78 Å². The van der Waals surface area contributed by atoms with Gasteiger partial charge in [0.2, 0.25) is 0 Å². The minimum atomic E-state index is 0.177. The summed E-state index contributed by atoms with van der Waals surface area (Å²) in [5.41, 5.74) is 3.43. The molecule has 1 N–H and O–H groups in total. The van der Waals surface area contributed by atoms with Gasteiger partial charge in [-0.1, -0.05) is 23.7 Å². The molecule has 1 aromatic heterocycles. The maximum absolute atomic E-state index is 9.62. The van der Waals surface area contributed by atoms with Crippen LogP contribution in [0.1, 0.15) is 23.9 Å². The Hall–Kier alpha value is -1.32. The average molecular weight is 293 g/mol. The predicted molar refractivity (Wildman–Crippen MR) is 82.1 cm³/mol. The van der Waals surface area contributed by atoms with E-state index in [1.807, 2.05) is 35.9 Å². The first-order valence-electron chi connectivity index (χ1n) is 7.01. The highest BCUT2D eigenvalue weighted by Crippen LogP contribution is 2.17. The van der Waals surface area contributed by atoms with E-state index in [2.05, 4.69) is 18.1 Å². The molecule has 0 radical (unpaired) electrons. The highest BCUT2D eigenvalue weighted by atomic mass is 35.5. The Morgan fingerprint density at radius 2 is 1.95 bits per heavy atom. The van der Waals surface area contributed by atoms with Crippen LogP contribution in [0.3, 0.4) is 0 Å². The number of hydrogen-bond acceptors (Lipinski definition) is 2. The van der Waals surface area contributed by atoms with Crippen LogP contribution in [0.15, 0.2) is 30.3 Å². The molecule has 0 aliphatic carbocycles. The van der Waals surface area contributed by atoms with Crippen LogP contribution in [0, 0.1) is 12.8 Å². The Kier molecular flexibility index (Phi) is 5.21. The summed E-state index contributed by atoms with van der Waals surface area (Å²) in [6.07, 6.45) is 1.69. The quantitative estimate of drug-likeness (QED) is 0.887. The highest BCUT2D eigenvalue weighted by molar-refractivity contribution is 6.30. The van der Waals surface area contributed by atoms with Gasteiger partial charge in [0.1, 0.15) is 0 Å². The largest absolute Gasteiger partial charge is 0.396 e. The molecule has 0 saturated carbocycles. The van der Waals surface area contributed by atoms with E-state index in [-0.39, 0.29) is 12.5 Å². The summed E-state index contributed by atoms with van der Waals surface area (Å²) in [7, 11) is 0. The molecule has 0 bridgehead atoms. The Morgan fingerprint density at radius 3 is 2.55 bits per heavy atom. The predicted octanol–water partition coefficient (Wildman–Crippen LogP) is 3.26. The van der Waals surface area contributed by atoms with Crippen molar-refractivity contribution in [3.05, 3.63) is 52.3 Å². The molecule has 1 aromatic carbocycles. The van der Waals surface area contributed by atoms with Crippen LogP contribution >= 0.6 is 11.6 Å². The zero-order chi connectivity index (χ0) is 14.5. The number of aliphatic hydroxyl groups excluding tert-OH is 1. The lowest BCUT2D eigenvalue weighted by atomic mass is 9.95. The SMILES string of the molecule is CCn1nc(C)cc1CC(CO)Cc1ccc(Cl)cc1. The van der Waals surface area contributed by atoms with E-state index in [1.165, 1.54) is 11.3 Å². The van der Waals surface area contributed by atoms with Gasteiger partial charge in [-0.3, -0.25) is 4.68 Å². The van der Waals surface area contributed by atoms with Crippen LogP contribution in [0.25, 0.3) is 0 Å². The van der Waals surface area contributed by atoms with Gasteiger partial charge in [0.05, 0.1) is 5.69 Å². The molecule has 1 atom stereocenters. The van der Waals surface area contributed by atoms with E-state index in [0.717, 1.165) is 30.1 Å². The molecule has 2 aromatic rings. The van der Waals surface area contributed by atoms with Gasteiger partial charge in [0, 0.05) is 23.9 Å². The van der Waals surface area contributed by atoms with Crippen LogP contribution in [0.2, 0.25) is 5.02 Å². The molecule has 4 heteroatoms. The number of nitrogens with zero attached hydrogens (tertiary/aromatic N) is 2. The molecule has 3 nitrogen and oxygen atoms in total. The number of aliphatic hydroxyl groups is 1. The summed E-state index contributed by atoms with van der Waals surface area (Å²) in [5.74, 6) is 0.206. The molecule has 1 heterocycles. The molecule has 0 aliphatic rings. The van der Waals surface area contributed by atoms with Crippen LogP contribution in [-0.2, 0) is 19.4 Å². The number of aromatic nitrogens is 2. The van der Waals surface area contributed by atoms with Crippen LogP contribution in [0.4, 0.5) is 0 Å². The monoisotopic (exact) mass is 292 g/mol. The maximum Gasteiger partial charge on any atom is 0.0596 e. The Labute approximate surface area is 125 Å². The second kappa shape index (κ2) is 6.91. The van der Waals surface area contributed by atoms with Crippen LogP contribution in [0.5, 0.6) is 0 Å². The summed E-state index contributed by atoms with van der Waals surface area (Å²) in [5, 5.41) is 14.8. The smallest absolute Gasteiger partial charge is 0.0596 e. The third-order valence-electron chi connectivity index (χ3n) is 3.48. The lowest BCUT2D eigenvalue weighted by Gasteiger charge is -2.15.